The van der Waals surface area contributed by atoms with Crippen LogP contribution in [0, 0.1) is 6.92 Å². The molecule has 1 amide bonds. The SMILES string of the molecule is Cc1nc(NC(=O)OC(C)(C)C)sc1C(C)c1ccccc1Cl. The van der Waals surface area contributed by atoms with E-state index in [-0.39, 0.29) is 5.92 Å². The van der Waals surface area contributed by atoms with E-state index in [2.05, 4.69) is 17.2 Å². The zero-order valence-electron chi connectivity index (χ0n) is 13.9. The highest BCUT2D eigenvalue weighted by Gasteiger charge is 2.21. The number of benzene rings is 1. The molecule has 6 heteroatoms. The van der Waals surface area contributed by atoms with Gasteiger partial charge in [-0.3, -0.25) is 5.32 Å². The Hall–Kier alpha value is -1.59. The van der Waals surface area contributed by atoms with Crippen molar-refractivity contribution >= 4 is 34.2 Å². The van der Waals surface area contributed by atoms with E-state index in [1.54, 1.807) is 0 Å². The Kier molecular flexibility index (Phi) is 5.32. The average molecular weight is 353 g/mol. The van der Waals surface area contributed by atoms with E-state index >= 15 is 0 Å². The van der Waals surface area contributed by atoms with Gasteiger partial charge < -0.3 is 4.74 Å². The highest BCUT2D eigenvalue weighted by atomic mass is 35.5. The van der Waals surface area contributed by atoms with Gasteiger partial charge in [-0.05, 0) is 39.3 Å². The number of carbonyl (C=O) groups is 1. The Morgan fingerprint density at radius 1 is 1.35 bits per heavy atom. The van der Waals surface area contributed by atoms with Crippen molar-refractivity contribution in [3.63, 3.8) is 0 Å². The number of ether oxygens (including phenoxy) is 1. The second-order valence-electron chi connectivity index (χ2n) is 6.34. The minimum absolute atomic E-state index is 0.107. The van der Waals surface area contributed by atoms with Crippen LogP contribution in [0.4, 0.5) is 9.93 Å². The molecule has 1 aromatic heterocycles. The summed E-state index contributed by atoms with van der Waals surface area (Å²) >= 11 is 7.72. The summed E-state index contributed by atoms with van der Waals surface area (Å²) in [7, 11) is 0. The molecule has 1 N–H and O–H groups in total. The first kappa shape index (κ1) is 17.8. The Morgan fingerprint density at radius 3 is 2.61 bits per heavy atom. The normalized spacial score (nSPS) is 12.8. The lowest BCUT2D eigenvalue weighted by Crippen LogP contribution is -2.27. The van der Waals surface area contributed by atoms with Gasteiger partial charge in [0.1, 0.15) is 5.60 Å². The predicted molar refractivity (Wildman–Crippen MR) is 95.7 cm³/mol. The molecular weight excluding hydrogens is 332 g/mol. The van der Waals surface area contributed by atoms with Crippen LogP contribution < -0.4 is 5.32 Å². The van der Waals surface area contributed by atoms with Gasteiger partial charge >= 0.3 is 6.09 Å². The molecule has 0 spiro atoms. The van der Waals surface area contributed by atoms with Crippen molar-refractivity contribution in [1.82, 2.24) is 4.98 Å². The van der Waals surface area contributed by atoms with Crippen LogP contribution in [0.5, 0.6) is 0 Å². The maximum Gasteiger partial charge on any atom is 0.413 e. The van der Waals surface area contributed by atoms with E-state index < -0.39 is 11.7 Å². The van der Waals surface area contributed by atoms with E-state index in [1.807, 2.05) is 52.0 Å². The van der Waals surface area contributed by atoms with Gasteiger partial charge in [0.15, 0.2) is 5.13 Å². The van der Waals surface area contributed by atoms with Crippen LogP contribution in [0.15, 0.2) is 24.3 Å². The lowest BCUT2D eigenvalue weighted by Gasteiger charge is -2.18. The molecule has 124 valence electrons. The number of thiazole rings is 1. The van der Waals surface area contributed by atoms with Crippen LogP contribution in [-0.4, -0.2) is 16.7 Å². The van der Waals surface area contributed by atoms with Gasteiger partial charge in [-0.15, -0.1) is 11.3 Å². The Bertz CT molecular complexity index is 707. The summed E-state index contributed by atoms with van der Waals surface area (Å²) in [4.78, 5) is 17.3. The molecule has 2 rings (SSSR count). The Balaban J connectivity index is 2.18. The summed E-state index contributed by atoms with van der Waals surface area (Å²) in [5.41, 5.74) is 1.39. The standard InChI is InChI=1S/C17H21ClN2O2S/c1-10(12-8-6-7-9-13(12)18)14-11(2)19-15(23-14)20-16(21)22-17(3,4)5/h6-10H,1-5H3,(H,19,20,21). The van der Waals surface area contributed by atoms with E-state index in [0.29, 0.717) is 5.13 Å². The molecule has 0 bridgehead atoms. The average Bonchev–Trinajstić information content (AvgIpc) is 2.77. The summed E-state index contributed by atoms with van der Waals surface area (Å²) < 4.78 is 5.25. The largest absolute Gasteiger partial charge is 0.444 e. The Labute approximate surface area is 145 Å². The number of aromatic nitrogens is 1. The quantitative estimate of drug-likeness (QED) is 0.781. The zero-order chi connectivity index (χ0) is 17.2. The molecule has 1 heterocycles. The number of anilines is 1. The monoisotopic (exact) mass is 352 g/mol. The predicted octanol–water partition coefficient (Wildman–Crippen LogP) is 5.60. The topological polar surface area (TPSA) is 51.2 Å². The van der Waals surface area contributed by atoms with Crippen LogP contribution in [0.25, 0.3) is 0 Å². The molecule has 0 saturated heterocycles. The number of rotatable bonds is 3. The highest BCUT2D eigenvalue weighted by molar-refractivity contribution is 7.16. The van der Waals surface area contributed by atoms with E-state index in [0.717, 1.165) is 21.2 Å². The number of amides is 1. The minimum atomic E-state index is -0.538. The third-order valence-electron chi connectivity index (χ3n) is 3.21. The van der Waals surface area contributed by atoms with Crippen molar-refractivity contribution in [2.24, 2.45) is 0 Å². The first-order chi connectivity index (χ1) is 10.7. The van der Waals surface area contributed by atoms with Crippen molar-refractivity contribution < 1.29 is 9.53 Å². The molecule has 23 heavy (non-hydrogen) atoms. The maximum atomic E-state index is 11.9. The summed E-state index contributed by atoms with van der Waals surface area (Å²) in [5, 5.41) is 3.96. The van der Waals surface area contributed by atoms with Crippen LogP contribution in [0.2, 0.25) is 5.02 Å². The van der Waals surface area contributed by atoms with Crippen molar-refractivity contribution in [3.8, 4) is 0 Å². The van der Waals surface area contributed by atoms with Gasteiger partial charge in [-0.25, -0.2) is 9.78 Å². The molecule has 1 atom stereocenters. The van der Waals surface area contributed by atoms with Crippen molar-refractivity contribution in [2.75, 3.05) is 5.32 Å². The third-order valence-corrected chi connectivity index (χ3v) is 4.81. The number of carbonyl (C=O) groups excluding carboxylic acids is 1. The number of aryl methyl sites for hydroxylation is 1. The molecule has 0 radical (unpaired) electrons. The number of nitrogens with zero attached hydrogens (tertiary/aromatic N) is 1. The van der Waals surface area contributed by atoms with E-state index in [1.165, 1.54) is 11.3 Å². The van der Waals surface area contributed by atoms with Gasteiger partial charge in [0, 0.05) is 15.8 Å². The van der Waals surface area contributed by atoms with Gasteiger partial charge in [0.25, 0.3) is 0 Å². The lowest BCUT2D eigenvalue weighted by atomic mass is 9.99. The molecule has 0 saturated carbocycles. The van der Waals surface area contributed by atoms with Gasteiger partial charge in [0.2, 0.25) is 0 Å². The van der Waals surface area contributed by atoms with Gasteiger partial charge in [0.05, 0.1) is 5.69 Å². The summed E-state index contributed by atoms with van der Waals surface area (Å²) in [6.45, 7) is 9.48. The van der Waals surface area contributed by atoms with Crippen molar-refractivity contribution in [3.05, 3.63) is 45.4 Å². The summed E-state index contributed by atoms with van der Waals surface area (Å²) in [6, 6.07) is 7.76. The number of halogens is 1. The maximum absolute atomic E-state index is 11.9. The van der Waals surface area contributed by atoms with Crippen LogP contribution in [0.1, 0.15) is 49.7 Å². The molecular formula is C17H21ClN2O2S. The molecule has 0 aliphatic heterocycles. The fourth-order valence-electron chi connectivity index (χ4n) is 2.22. The lowest BCUT2D eigenvalue weighted by molar-refractivity contribution is 0.0636. The molecule has 1 aromatic carbocycles. The first-order valence-electron chi connectivity index (χ1n) is 7.39. The third kappa shape index (κ3) is 4.69. The second kappa shape index (κ2) is 6.89. The first-order valence-corrected chi connectivity index (χ1v) is 8.58. The zero-order valence-corrected chi connectivity index (χ0v) is 15.5. The van der Waals surface area contributed by atoms with E-state index in [9.17, 15) is 4.79 Å². The number of hydrogen-bond acceptors (Lipinski definition) is 4. The van der Waals surface area contributed by atoms with Crippen molar-refractivity contribution in [1.29, 1.82) is 0 Å². The fraction of sp³-hybridized carbons (Fsp3) is 0.412. The van der Waals surface area contributed by atoms with Gasteiger partial charge in [-0.1, -0.05) is 36.7 Å². The Morgan fingerprint density at radius 2 is 2.00 bits per heavy atom. The van der Waals surface area contributed by atoms with Crippen LogP contribution >= 0.6 is 22.9 Å². The molecule has 0 fully saturated rings. The summed E-state index contributed by atoms with van der Waals surface area (Å²) in [6.07, 6.45) is -0.497. The van der Waals surface area contributed by atoms with Crippen LogP contribution in [0.3, 0.4) is 0 Å². The van der Waals surface area contributed by atoms with E-state index in [4.69, 9.17) is 16.3 Å². The van der Waals surface area contributed by atoms with Crippen LogP contribution in [-0.2, 0) is 4.74 Å². The number of nitrogens with one attached hydrogen (secondary N) is 1. The van der Waals surface area contributed by atoms with Crippen molar-refractivity contribution in [2.45, 2.75) is 46.1 Å². The second-order valence-corrected chi connectivity index (χ2v) is 7.78. The summed E-state index contributed by atoms with van der Waals surface area (Å²) in [5.74, 6) is 0.107. The molecule has 4 nitrogen and oxygen atoms in total. The number of hydrogen-bond donors (Lipinski definition) is 1. The molecule has 1 unspecified atom stereocenters. The van der Waals surface area contributed by atoms with Gasteiger partial charge in [-0.2, -0.15) is 0 Å². The highest BCUT2D eigenvalue weighted by Crippen LogP contribution is 2.36. The minimum Gasteiger partial charge on any atom is -0.444 e. The molecule has 0 aliphatic rings. The molecule has 2 aromatic rings. The molecule has 0 aliphatic carbocycles. The fourth-order valence-corrected chi connectivity index (χ4v) is 3.54. The smallest absolute Gasteiger partial charge is 0.413 e.